The summed E-state index contributed by atoms with van der Waals surface area (Å²) in [5, 5.41) is 12.3. The number of esters is 2. The number of methoxy groups -OCH3 is 1. The number of hydrogen-bond acceptors (Lipinski definition) is 6. The second kappa shape index (κ2) is 9.73. The molecular weight excluding hydrogens is 395 g/mol. The van der Waals surface area contributed by atoms with E-state index in [0.29, 0.717) is 0 Å². The number of aliphatic hydroxyl groups is 1. The number of amides is 1. The van der Waals surface area contributed by atoms with Crippen LogP contribution in [0.2, 0.25) is 0 Å². The molecular formula is C19H24F3NO6. The molecule has 0 spiro atoms. The van der Waals surface area contributed by atoms with E-state index < -0.39 is 47.3 Å². The molecule has 0 bridgehead atoms. The Hall–Kier alpha value is -2.62. The summed E-state index contributed by atoms with van der Waals surface area (Å²) in [6.45, 7) is 5.01. The Labute approximate surface area is 166 Å². The van der Waals surface area contributed by atoms with E-state index in [4.69, 9.17) is 4.74 Å². The first-order valence-electron chi connectivity index (χ1n) is 8.70. The quantitative estimate of drug-likeness (QED) is 0.659. The second-order valence-electron chi connectivity index (χ2n) is 7.23. The molecule has 29 heavy (non-hydrogen) atoms. The molecule has 0 unspecified atom stereocenters. The lowest BCUT2D eigenvalue weighted by molar-refractivity contribution is -0.155. The number of alkyl halides is 3. The van der Waals surface area contributed by atoms with Gasteiger partial charge in [0.05, 0.1) is 12.7 Å². The molecule has 1 aromatic carbocycles. The third-order valence-corrected chi connectivity index (χ3v) is 3.66. The monoisotopic (exact) mass is 419 g/mol. The minimum absolute atomic E-state index is 0.0914. The number of nitrogens with one attached hydrogen (secondary N) is 1. The maximum Gasteiger partial charge on any atom is 0.416 e. The van der Waals surface area contributed by atoms with Crippen molar-refractivity contribution in [1.82, 2.24) is 5.32 Å². The van der Waals surface area contributed by atoms with Crippen LogP contribution in [0.3, 0.4) is 0 Å². The van der Waals surface area contributed by atoms with Crippen LogP contribution in [0.1, 0.15) is 50.8 Å². The minimum atomic E-state index is -4.55. The molecule has 0 saturated heterocycles. The van der Waals surface area contributed by atoms with Gasteiger partial charge in [0.15, 0.2) is 6.10 Å². The van der Waals surface area contributed by atoms with Gasteiger partial charge in [0.2, 0.25) is 0 Å². The van der Waals surface area contributed by atoms with Gasteiger partial charge in [0, 0.05) is 6.42 Å². The molecule has 10 heteroatoms. The van der Waals surface area contributed by atoms with E-state index in [0.717, 1.165) is 31.4 Å². The fraction of sp³-hybridized carbons (Fsp3) is 0.526. The summed E-state index contributed by atoms with van der Waals surface area (Å²) >= 11 is 0. The zero-order chi connectivity index (χ0) is 22.4. The highest BCUT2D eigenvalue weighted by Crippen LogP contribution is 2.30. The lowest BCUT2D eigenvalue weighted by Gasteiger charge is -2.21. The Balaban J connectivity index is 2.79. The third-order valence-electron chi connectivity index (χ3n) is 3.66. The van der Waals surface area contributed by atoms with Crippen LogP contribution < -0.4 is 5.32 Å². The van der Waals surface area contributed by atoms with Gasteiger partial charge < -0.3 is 19.9 Å². The number of rotatable bonds is 7. The van der Waals surface area contributed by atoms with Crippen molar-refractivity contribution >= 4 is 17.8 Å². The van der Waals surface area contributed by atoms with Crippen LogP contribution in [0.4, 0.5) is 13.2 Å². The minimum Gasteiger partial charge on any atom is -0.467 e. The predicted molar refractivity (Wildman–Crippen MR) is 95.4 cm³/mol. The van der Waals surface area contributed by atoms with E-state index in [1.165, 1.54) is 0 Å². The number of ether oxygens (including phenoxy) is 2. The van der Waals surface area contributed by atoms with E-state index in [9.17, 15) is 32.7 Å². The van der Waals surface area contributed by atoms with Gasteiger partial charge in [0.25, 0.3) is 5.91 Å². The van der Waals surface area contributed by atoms with E-state index in [1.54, 1.807) is 20.8 Å². The first-order chi connectivity index (χ1) is 13.2. The average molecular weight is 419 g/mol. The fourth-order valence-corrected chi connectivity index (χ4v) is 2.30. The van der Waals surface area contributed by atoms with Gasteiger partial charge in [-0.15, -0.1) is 0 Å². The summed E-state index contributed by atoms with van der Waals surface area (Å²) in [5.74, 6) is -2.46. The molecule has 1 aromatic rings. The van der Waals surface area contributed by atoms with Crippen molar-refractivity contribution in [2.45, 2.75) is 57.5 Å². The van der Waals surface area contributed by atoms with Gasteiger partial charge in [-0.1, -0.05) is 12.1 Å². The zero-order valence-corrected chi connectivity index (χ0v) is 16.5. The molecule has 7 nitrogen and oxygen atoms in total. The number of carbonyl (C=O) groups excluding carboxylic acids is 3. The molecule has 1 amide bonds. The molecule has 0 radical (unpaired) electrons. The Morgan fingerprint density at radius 3 is 2.10 bits per heavy atom. The van der Waals surface area contributed by atoms with Crippen molar-refractivity contribution in [2.24, 2.45) is 0 Å². The van der Waals surface area contributed by atoms with Gasteiger partial charge >= 0.3 is 18.1 Å². The second-order valence-corrected chi connectivity index (χ2v) is 7.23. The van der Waals surface area contributed by atoms with Crippen LogP contribution in [0.5, 0.6) is 0 Å². The van der Waals surface area contributed by atoms with E-state index in [2.05, 4.69) is 10.1 Å². The topological polar surface area (TPSA) is 102 Å². The summed E-state index contributed by atoms with van der Waals surface area (Å²) < 4.78 is 47.5. The number of aliphatic hydroxyl groups excluding tert-OH is 1. The van der Waals surface area contributed by atoms with Crippen LogP contribution in [-0.2, 0) is 30.0 Å². The molecule has 2 N–H and O–H groups in total. The first-order valence-corrected chi connectivity index (χ1v) is 8.70. The van der Waals surface area contributed by atoms with Crippen molar-refractivity contribution in [3.05, 3.63) is 35.4 Å². The molecule has 0 aliphatic heterocycles. The normalized spacial score (nSPS) is 13.9. The summed E-state index contributed by atoms with van der Waals surface area (Å²) in [6.07, 6.45) is -6.71. The van der Waals surface area contributed by atoms with Crippen molar-refractivity contribution in [2.75, 3.05) is 7.11 Å². The molecule has 0 aliphatic carbocycles. The van der Waals surface area contributed by atoms with Crippen LogP contribution in [0.15, 0.2) is 24.3 Å². The van der Waals surface area contributed by atoms with Crippen LogP contribution in [0, 0.1) is 0 Å². The van der Waals surface area contributed by atoms with Crippen LogP contribution in [-0.4, -0.2) is 41.7 Å². The molecule has 0 aromatic heterocycles. The van der Waals surface area contributed by atoms with Gasteiger partial charge in [-0.2, -0.15) is 13.2 Å². The Bertz CT molecular complexity index is 725. The molecule has 1 rings (SSSR count). The highest BCUT2D eigenvalue weighted by atomic mass is 19.4. The van der Waals surface area contributed by atoms with E-state index in [-0.39, 0.29) is 18.4 Å². The van der Waals surface area contributed by atoms with Gasteiger partial charge in [-0.3, -0.25) is 9.59 Å². The molecule has 0 aliphatic rings. The maximum atomic E-state index is 12.6. The highest BCUT2D eigenvalue weighted by molar-refractivity contribution is 5.87. The third kappa shape index (κ3) is 8.10. The van der Waals surface area contributed by atoms with Gasteiger partial charge in [0.1, 0.15) is 11.6 Å². The SMILES string of the molecule is COC(=O)[C@@H](CCC(=O)OC(C)(C)C)NC(=O)[C@H](O)c1ccc(C(F)(F)F)cc1. The largest absolute Gasteiger partial charge is 0.467 e. The maximum absolute atomic E-state index is 12.6. The molecule has 0 saturated carbocycles. The molecule has 162 valence electrons. The molecule has 2 atom stereocenters. The smallest absolute Gasteiger partial charge is 0.416 e. The summed E-state index contributed by atoms with van der Waals surface area (Å²) in [6, 6.07) is 2.13. The van der Waals surface area contributed by atoms with Crippen LogP contribution in [0.25, 0.3) is 0 Å². The lowest BCUT2D eigenvalue weighted by Crippen LogP contribution is -2.44. The number of hydrogen-bond donors (Lipinski definition) is 2. The standard InChI is InChI=1S/C19H24F3NO6/c1-18(2,3)29-14(24)10-9-13(17(27)28-4)23-16(26)15(25)11-5-7-12(8-6-11)19(20,21)22/h5-8,13,15,25H,9-10H2,1-4H3,(H,23,26)/t13-,15-/m1/s1. The zero-order valence-electron chi connectivity index (χ0n) is 16.5. The summed E-state index contributed by atoms with van der Waals surface area (Å²) in [5.41, 5.74) is -1.75. The van der Waals surface area contributed by atoms with Crippen molar-refractivity contribution < 1.29 is 42.1 Å². The average Bonchev–Trinajstić information content (AvgIpc) is 2.61. The highest BCUT2D eigenvalue weighted by Gasteiger charge is 2.31. The van der Waals surface area contributed by atoms with Gasteiger partial charge in [-0.05, 0) is 44.9 Å². The van der Waals surface area contributed by atoms with Gasteiger partial charge in [-0.25, -0.2) is 4.79 Å². The fourth-order valence-electron chi connectivity index (χ4n) is 2.30. The number of benzene rings is 1. The summed E-state index contributed by atoms with van der Waals surface area (Å²) in [7, 11) is 1.08. The Kier molecular flexibility index (Phi) is 8.19. The lowest BCUT2D eigenvalue weighted by atomic mass is 10.0. The number of halogens is 3. The van der Waals surface area contributed by atoms with Crippen molar-refractivity contribution in [3.63, 3.8) is 0 Å². The molecule has 0 heterocycles. The number of carbonyl (C=O) groups is 3. The predicted octanol–water partition coefficient (Wildman–Crippen LogP) is 2.52. The molecule has 0 fully saturated rings. The van der Waals surface area contributed by atoms with Crippen molar-refractivity contribution in [3.8, 4) is 0 Å². The Morgan fingerprint density at radius 2 is 1.66 bits per heavy atom. The first kappa shape index (κ1) is 24.4. The van der Waals surface area contributed by atoms with Crippen molar-refractivity contribution in [1.29, 1.82) is 0 Å². The van der Waals surface area contributed by atoms with E-state index >= 15 is 0 Å². The summed E-state index contributed by atoms with van der Waals surface area (Å²) in [4.78, 5) is 35.9. The van der Waals surface area contributed by atoms with Crippen LogP contribution >= 0.6 is 0 Å². The Morgan fingerprint density at radius 1 is 1.10 bits per heavy atom. The van der Waals surface area contributed by atoms with E-state index in [1.807, 2.05) is 0 Å².